The van der Waals surface area contributed by atoms with E-state index >= 15 is 0 Å². The van der Waals surface area contributed by atoms with Gasteiger partial charge in [-0.25, -0.2) is 9.18 Å². The number of hydrogen-bond acceptors (Lipinski definition) is 5. The van der Waals surface area contributed by atoms with E-state index in [2.05, 4.69) is 0 Å². The fourth-order valence-electron chi connectivity index (χ4n) is 3.89. The van der Waals surface area contributed by atoms with E-state index in [1.54, 1.807) is 0 Å². The van der Waals surface area contributed by atoms with Crippen LogP contribution in [0.2, 0.25) is 5.02 Å². The van der Waals surface area contributed by atoms with Crippen molar-refractivity contribution in [1.82, 2.24) is 0 Å². The third-order valence-electron chi connectivity index (χ3n) is 5.64. The van der Waals surface area contributed by atoms with Crippen LogP contribution in [0.25, 0.3) is 6.08 Å². The Kier molecular flexibility index (Phi) is 7.10. The molecule has 5 nitrogen and oxygen atoms in total. The van der Waals surface area contributed by atoms with Crippen LogP contribution in [-0.4, -0.2) is 35.9 Å². The van der Waals surface area contributed by atoms with Crippen LogP contribution in [0.1, 0.15) is 29.0 Å². The molecule has 1 atom stereocenters. The molecule has 0 aromatic heterocycles. The average Bonchev–Trinajstić information content (AvgIpc) is 3.17. The molecule has 1 aliphatic rings. The molecule has 3 aromatic carbocycles. The van der Waals surface area contributed by atoms with Crippen LogP contribution in [0.3, 0.4) is 0 Å². The van der Waals surface area contributed by atoms with Gasteiger partial charge in [-0.3, -0.25) is 4.79 Å². The van der Waals surface area contributed by atoms with Crippen LogP contribution < -0.4 is 0 Å². The SMILES string of the molecule is O=C1OC(CO)(COC(=O)C(c2ccccc2)c2ccccc2)C/C1=C\c1ccc(F)c(Cl)c1. The number of ether oxygens (including phenoxy) is 2. The number of cyclic esters (lactones) is 1. The zero-order valence-corrected chi connectivity index (χ0v) is 18.9. The molecule has 0 amide bonds. The van der Waals surface area contributed by atoms with E-state index in [0.717, 1.165) is 11.1 Å². The van der Waals surface area contributed by atoms with Gasteiger partial charge in [0.1, 0.15) is 18.3 Å². The lowest BCUT2D eigenvalue weighted by atomic mass is 9.91. The van der Waals surface area contributed by atoms with E-state index in [4.69, 9.17) is 21.1 Å². The Balaban J connectivity index is 1.52. The summed E-state index contributed by atoms with van der Waals surface area (Å²) in [5, 5.41) is 9.94. The first kappa shape index (κ1) is 23.7. The summed E-state index contributed by atoms with van der Waals surface area (Å²) in [6.07, 6.45) is 1.54. The van der Waals surface area contributed by atoms with Gasteiger partial charge in [0.25, 0.3) is 0 Å². The highest BCUT2D eigenvalue weighted by molar-refractivity contribution is 6.30. The van der Waals surface area contributed by atoms with Crippen molar-refractivity contribution in [1.29, 1.82) is 0 Å². The molecule has 1 saturated heterocycles. The predicted molar refractivity (Wildman–Crippen MR) is 126 cm³/mol. The lowest BCUT2D eigenvalue weighted by molar-refractivity contribution is -0.166. The molecule has 0 aliphatic carbocycles. The highest BCUT2D eigenvalue weighted by atomic mass is 35.5. The van der Waals surface area contributed by atoms with Crippen molar-refractivity contribution in [2.45, 2.75) is 17.9 Å². The number of carbonyl (C=O) groups is 2. The van der Waals surface area contributed by atoms with Crippen molar-refractivity contribution in [3.8, 4) is 0 Å². The molecule has 1 unspecified atom stereocenters. The minimum absolute atomic E-state index is 0.0198. The largest absolute Gasteiger partial charge is 0.461 e. The number of aliphatic hydroxyl groups is 1. The summed E-state index contributed by atoms with van der Waals surface area (Å²) in [6.45, 7) is -0.847. The van der Waals surface area contributed by atoms with Crippen molar-refractivity contribution in [3.05, 3.63) is 112 Å². The molecule has 1 aliphatic heterocycles. The van der Waals surface area contributed by atoms with Crippen molar-refractivity contribution in [2.75, 3.05) is 13.2 Å². The summed E-state index contributed by atoms with van der Waals surface area (Å²) in [6, 6.07) is 22.5. The molecule has 7 heteroatoms. The molecule has 1 heterocycles. The first-order chi connectivity index (χ1) is 16.4. The van der Waals surface area contributed by atoms with Crippen LogP contribution in [0.4, 0.5) is 4.39 Å². The molecule has 0 bridgehead atoms. The topological polar surface area (TPSA) is 72.8 Å². The summed E-state index contributed by atoms with van der Waals surface area (Å²) in [7, 11) is 0. The maximum atomic E-state index is 13.4. The van der Waals surface area contributed by atoms with Gasteiger partial charge in [0, 0.05) is 12.0 Å². The van der Waals surface area contributed by atoms with E-state index in [1.807, 2.05) is 60.7 Å². The Morgan fingerprint density at radius 2 is 1.71 bits per heavy atom. The van der Waals surface area contributed by atoms with Crippen LogP contribution in [0, 0.1) is 5.82 Å². The van der Waals surface area contributed by atoms with Crippen LogP contribution >= 0.6 is 11.6 Å². The van der Waals surface area contributed by atoms with Gasteiger partial charge in [0.05, 0.1) is 11.6 Å². The molecule has 1 N–H and O–H groups in total. The Bertz CT molecular complexity index is 1170. The minimum atomic E-state index is -1.40. The molecule has 174 valence electrons. The molecule has 34 heavy (non-hydrogen) atoms. The number of rotatable bonds is 7. The number of aliphatic hydroxyl groups excluding tert-OH is 1. The standard InChI is InChI=1S/C27H22ClFO5/c28-22-14-18(11-12-23(22)29)13-21-15-27(16-30,34-25(21)31)17-33-26(32)24(19-7-3-1-4-8-19)20-9-5-2-6-10-20/h1-14,24,30H,15-17H2/b21-13+. The van der Waals surface area contributed by atoms with E-state index in [0.29, 0.717) is 5.56 Å². The van der Waals surface area contributed by atoms with Gasteiger partial charge in [-0.05, 0) is 34.9 Å². The van der Waals surface area contributed by atoms with Crippen LogP contribution in [0.15, 0.2) is 84.4 Å². The molecule has 4 rings (SSSR count). The molecular weight excluding hydrogens is 459 g/mol. The summed E-state index contributed by atoms with van der Waals surface area (Å²) < 4.78 is 24.5. The number of benzene rings is 3. The van der Waals surface area contributed by atoms with E-state index < -0.39 is 35.9 Å². The highest BCUT2D eigenvalue weighted by Gasteiger charge is 2.45. The second kappa shape index (κ2) is 10.2. The minimum Gasteiger partial charge on any atom is -0.461 e. The monoisotopic (exact) mass is 480 g/mol. The Hall–Kier alpha value is -3.48. The third-order valence-corrected chi connectivity index (χ3v) is 5.93. The van der Waals surface area contributed by atoms with Gasteiger partial charge in [-0.2, -0.15) is 0 Å². The Morgan fingerprint density at radius 3 is 2.26 bits per heavy atom. The zero-order chi connectivity index (χ0) is 24.1. The van der Waals surface area contributed by atoms with Crippen molar-refractivity contribution < 1.29 is 28.6 Å². The smallest absolute Gasteiger partial charge is 0.334 e. The molecule has 1 fully saturated rings. The second-order valence-electron chi connectivity index (χ2n) is 8.11. The van der Waals surface area contributed by atoms with Gasteiger partial charge >= 0.3 is 11.9 Å². The second-order valence-corrected chi connectivity index (χ2v) is 8.52. The maximum Gasteiger partial charge on any atom is 0.334 e. The van der Waals surface area contributed by atoms with Crippen LogP contribution in [0.5, 0.6) is 0 Å². The van der Waals surface area contributed by atoms with Crippen LogP contribution in [-0.2, 0) is 19.1 Å². The number of hydrogen-bond donors (Lipinski definition) is 1. The van der Waals surface area contributed by atoms with Crippen molar-refractivity contribution in [3.63, 3.8) is 0 Å². The number of halogens is 2. The van der Waals surface area contributed by atoms with Gasteiger partial charge in [0.2, 0.25) is 0 Å². The zero-order valence-electron chi connectivity index (χ0n) is 18.1. The van der Waals surface area contributed by atoms with Gasteiger partial charge in [-0.1, -0.05) is 78.3 Å². The quantitative estimate of drug-likeness (QED) is 0.384. The molecule has 0 spiro atoms. The highest BCUT2D eigenvalue weighted by Crippen LogP contribution is 2.34. The van der Waals surface area contributed by atoms with E-state index in [1.165, 1.54) is 24.3 Å². The molecule has 3 aromatic rings. The molecule has 0 radical (unpaired) electrons. The molecular formula is C27H22ClFO5. The number of esters is 2. The summed E-state index contributed by atoms with van der Waals surface area (Å²) in [5.41, 5.74) is 0.885. The fraction of sp³-hybridized carbons (Fsp3) is 0.185. The summed E-state index contributed by atoms with van der Waals surface area (Å²) >= 11 is 5.82. The van der Waals surface area contributed by atoms with Gasteiger partial charge in [0.15, 0.2) is 5.60 Å². The Labute approximate surface area is 201 Å². The number of carbonyl (C=O) groups excluding carboxylic acids is 2. The third kappa shape index (κ3) is 5.19. The summed E-state index contributed by atoms with van der Waals surface area (Å²) in [5.74, 6) is -2.41. The Morgan fingerprint density at radius 1 is 1.09 bits per heavy atom. The normalized spacial score (nSPS) is 18.8. The first-order valence-electron chi connectivity index (χ1n) is 10.7. The van der Waals surface area contributed by atoms with Crippen molar-refractivity contribution in [2.24, 2.45) is 0 Å². The fourth-order valence-corrected chi connectivity index (χ4v) is 4.08. The molecule has 0 saturated carbocycles. The maximum absolute atomic E-state index is 13.4. The lowest BCUT2D eigenvalue weighted by Crippen LogP contribution is -2.40. The predicted octanol–water partition coefficient (Wildman–Crippen LogP) is 4.92. The van der Waals surface area contributed by atoms with Gasteiger partial charge < -0.3 is 14.6 Å². The van der Waals surface area contributed by atoms with E-state index in [9.17, 15) is 19.1 Å². The van der Waals surface area contributed by atoms with E-state index in [-0.39, 0.29) is 23.6 Å². The van der Waals surface area contributed by atoms with Gasteiger partial charge in [-0.15, -0.1) is 0 Å². The van der Waals surface area contributed by atoms with Crippen molar-refractivity contribution >= 4 is 29.6 Å². The average molecular weight is 481 g/mol. The summed E-state index contributed by atoms with van der Waals surface area (Å²) in [4.78, 5) is 25.7. The first-order valence-corrected chi connectivity index (χ1v) is 11.0. The lowest BCUT2D eigenvalue weighted by Gasteiger charge is -2.26.